The number of hydrogen-bond acceptors (Lipinski definition) is 3. The fourth-order valence-electron chi connectivity index (χ4n) is 3.41. The van der Waals surface area contributed by atoms with Crippen LogP contribution in [0.1, 0.15) is 23.1 Å². The van der Waals surface area contributed by atoms with E-state index in [1.165, 1.54) is 16.7 Å². The molecule has 3 nitrogen and oxygen atoms in total. The number of nitrogen functional groups attached to an aromatic ring is 1. The molecule has 23 heavy (non-hydrogen) atoms. The van der Waals surface area contributed by atoms with Crippen molar-refractivity contribution in [2.45, 2.75) is 26.3 Å². The number of anilines is 2. The van der Waals surface area contributed by atoms with Crippen LogP contribution < -0.4 is 10.6 Å². The average molecular weight is 303 g/mol. The molecule has 0 amide bonds. The molecule has 3 aromatic rings. The molecule has 0 saturated heterocycles. The van der Waals surface area contributed by atoms with Crippen LogP contribution in [0.2, 0.25) is 0 Å². The van der Waals surface area contributed by atoms with Gasteiger partial charge in [-0.15, -0.1) is 0 Å². The minimum absolute atomic E-state index is 0.811. The predicted octanol–water partition coefficient (Wildman–Crippen LogP) is 4.08. The van der Waals surface area contributed by atoms with Gasteiger partial charge in [-0.05, 0) is 43.0 Å². The molecule has 2 aromatic carbocycles. The number of rotatable bonds is 1. The highest BCUT2D eigenvalue weighted by atomic mass is 15.2. The van der Waals surface area contributed by atoms with Gasteiger partial charge in [0.2, 0.25) is 0 Å². The summed E-state index contributed by atoms with van der Waals surface area (Å²) in [6, 6.07) is 17.0. The van der Waals surface area contributed by atoms with Crippen LogP contribution >= 0.6 is 0 Å². The van der Waals surface area contributed by atoms with Gasteiger partial charge in [0.05, 0.1) is 5.52 Å². The summed E-state index contributed by atoms with van der Waals surface area (Å²) in [5.41, 5.74) is 12.2. The van der Waals surface area contributed by atoms with Gasteiger partial charge in [-0.1, -0.05) is 35.9 Å². The largest absolute Gasteiger partial charge is 0.398 e. The van der Waals surface area contributed by atoms with Crippen molar-refractivity contribution >= 4 is 22.4 Å². The molecule has 1 aliphatic rings. The summed E-state index contributed by atoms with van der Waals surface area (Å²) in [6.07, 6.45) is 2.28. The second kappa shape index (κ2) is 5.58. The third-order valence-electron chi connectivity index (χ3n) is 4.66. The van der Waals surface area contributed by atoms with E-state index in [1.807, 2.05) is 6.07 Å². The molecule has 0 aliphatic carbocycles. The molecular weight excluding hydrogens is 282 g/mol. The Morgan fingerprint density at radius 2 is 1.87 bits per heavy atom. The van der Waals surface area contributed by atoms with E-state index in [4.69, 9.17) is 10.7 Å². The lowest BCUT2D eigenvalue weighted by Crippen LogP contribution is -2.23. The number of nitrogens with two attached hydrogens (primary N) is 1. The topological polar surface area (TPSA) is 42.2 Å². The highest BCUT2D eigenvalue weighted by Gasteiger charge is 2.16. The second-order valence-corrected chi connectivity index (χ2v) is 6.38. The fraction of sp³-hybridized carbons (Fsp3) is 0.250. The third-order valence-corrected chi connectivity index (χ3v) is 4.66. The Kier molecular flexibility index (Phi) is 3.41. The SMILES string of the molecule is Cc1ccc2nc(N3CCCc4ccccc4C3)cc(N)c2c1. The predicted molar refractivity (Wildman–Crippen MR) is 96.7 cm³/mol. The number of aryl methyl sites for hydroxylation is 2. The van der Waals surface area contributed by atoms with E-state index in [2.05, 4.69) is 54.3 Å². The van der Waals surface area contributed by atoms with Gasteiger partial charge in [0, 0.05) is 30.2 Å². The summed E-state index contributed by atoms with van der Waals surface area (Å²) >= 11 is 0. The maximum absolute atomic E-state index is 6.30. The Labute approximate surface area is 136 Å². The summed E-state index contributed by atoms with van der Waals surface area (Å²) < 4.78 is 0. The van der Waals surface area contributed by atoms with Gasteiger partial charge in [0.25, 0.3) is 0 Å². The summed E-state index contributed by atoms with van der Waals surface area (Å²) in [4.78, 5) is 7.21. The lowest BCUT2D eigenvalue weighted by molar-refractivity contribution is 0.757. The number of fused-ring (bicyclic) bond motifs is 2. The zero-order chi connectivity index (χ0) is 15.8. The Morgan fingerprint density at radius 1 is 1.04 bits per heavy atom. The van der Waals surface area contributed by atoms with Crippen LogP contribution in [-0.2, 0) is 13.0 Å². The van der Waals surface area contributed by atoms with Crippen molar-refractivity contribution in [1.82, 2.24) is 4.98 Å². The highest BCUT2D eigenvalue weighted by molar-refractivity contribution is 5.92. The second-order valence-electron chi connectivity index (χ2n) is 6.38. The Hall–Kier alpha value is -2.55. The molecule has 3 heteroatoms. The molecule has 116 valence electrons. The van der Waals surface area contributed by atoms with Gasteiger partial charge in [-0.3, -0.25) is 0 Å². The Bertz CT molecular complexity index is 870. The van der Waals surface area contributed by atoms with Crippen molar-refractivity contribution in [2.75, 3.05) is 17.2 Å². The quantitative estimate of drug-likeness (QED) is 0.736. The van der Waals surface area contributed by atoms with E-state index >= 15 is 0 Å². The van der Waals surface area contributed by atoms with Crippen LogP contribution in [0.4, 0.5) is 11.5 Å². The number of hydrogen-bond donors (Lipinski definition) is 1. The van der Waals surface area contributed by atoms with Crippen LogP contribution in [0.5, 0.6) is 0 Å². The van der Waals surface area contributed by atoms with E-state index in [9.17, 15) is 0 Å². The van der Waals surface area contributed by atoms with Gasteiger partial charge < -0.3 is 10.6 Å². The molecule has 0 spiro atoms. The first-order valence-corrected chi connectivity index (χ1v) is 8.19. The summed E-state index contributed by atoms with van der Waals surface area (Å²) in [5.74, 6) is 0.982. The van der Waals surface area contributed by atoms with E-state index in [0.717, 1.165) is 48.3 Å². The smallest absolute Gasteiger partial charge is 0.131 e. The van der Waals surface area contributed by atoms with Gasteiger partial charge in [-0.2, -0.15) is 0 Å². The maximum atomic E-state index is 6.30. The van der Waals surface area contributed by atoms with Crippen molar-refractivity contribution in [2.24, 2.45) is 0 Å². The molecule has 1 aliphatic heterocycles. The molecule has 0 bridgehead atoms. The minimum atomic E-state index is 0.811. The van der Waals surface area contributed by atoms with E-state index in [-0.39, 0.29) is 0 Å². The summed E-state index contributed by atoms with van der Waals surface area (Å²) in [5, 5.41) is 1.05. The van der Waals surface area contributed by atoms with Crippen molar-refractivity contribution in [3.8, 4) is 0 Å². The standard InChI is InChI=1S/C20H21N3/c1-14-8-9-19-17(11-14)18(21)12-20(22-19)23-10-4-7-15-5-2-3-6-16(15)13-23/h2-3,5-6,8-9,11-12H,4,7,10,13H2,1H3,(H2,21,22). The first-order chi connectivity index (χ1) is 11.2. The molecule has 2 heterocycles. The molecule has 4 rings (SSSR count). The third kappa shape index (κ3) is 2.63. The van der Waals surface area contributed by atoms with Crippen molar-refractivity contribution in [3.63, 3.8) is 0 Å². The van der Waals surface area contributed by atoms with Gasteiger partial charge in [0.15, 0.2) is 0 Å². The van der Waals surface area contributed by atoms with E-state index < -0.39 is 0 Å². The maximum Gasteiger partial charge on any atom is 0.131 e. The number of aromatic nitrogens is 1. The first kappa shape index (κ1) is 14.1. The van der Waals surface area contributed by atoms with Crippen LogP contribution in [-0.4, -0.2) is 11.5 Å². The number of benzene rings is 2. The monoisotopic (exact) mass is 303 g/mol. The molecule has 0 saturated carbocycles. The van der Waals surface area contributed by atoms with E-state index in [0.29, 0.717) is 0 Å². The van der Waals surface area contributed by atoms with Crippen LogP contribution in [0.25, 0.3) is 10.9 Å². The molecule has 0 unspecified atom stereocenters. The molecule has 0 atom stereocenters. The summed E-state index contributed by atoms with van der Waals surface area (Å²) in [7, 11) is 0. The molecule has 0 radical (unpaired) electrons. The number of pyridine rings is 1. The zero-order valence-electron chi connectivity index (χ0n) is 13.4. The molecule has 0 fully saturated rings. The van der Waals surface area contributed by atoms with Crippen LogP contribution in [0.15, 0.2) is 48.5 Å². The van der Waals surface area contributed by atoms with Crippen molar-refractivity contribution < 1.29 is 0 Å². The normalized spacial score (nSPS) is 14.6. The lowest BCUT2D eigenvalue weighted by Gasteiger charge is -2.23. The number of nitrogens with zero attached hydrogens (tertiary/aromatic N) is 2. The molecule has 1 aromatic heterocycles. The Balaban J connectivity index is 1.75. The van der Waals surface area contributed by atoms with Gasteiger partial charge in [0.1, 0.15) is 5.82 Å². The fourth-order valence-corrected chi connectivity index (χ4v) is 3.41. The van der Waals surface area contributed by atoms with Gasteiger partial charge >= 0.3 is 0 Å². The zero-order valence-corrected chi connectivity index (χ0v) is 13.4. The van der Waals surface area contributed by atoms with Crippen molar-refractivity contribution in [3.05, 3.63) is 65.2 Å². The Morgan fingerprint density at radius 3 is 2.74 bits per heavy atom. The van der Waals surface area contributed by atoms with Crippen LogP contribution in [0, 0.1) is 6.92 Å². The van der Waals surface area contributed by atoms with Gasteiger partial charge in [-0.25, -0.2) is 4.98 Å². The molecular formula is C20H21N3. The van der Waals surface area contributed by atoms with E-state index in [1.54, 1.807) is 0 Å². The minimum Gasteiger partial charge on any atom is -0.398 e. The lowest BCUT2D eigenvalue weighted by atomic mass is 10.0. The van der Waals surface area contributed by atoms with Crippen LogP contribution in [0.3, 0.4) is 0 Å². The first-order valence-electron chi connectivity index (χ1n) is 8.19. The van der Waals surface area contributed by atoms with Crippen molar-refractivity contribution in [1.29, 1.82) is 0 Å². The summed E-state index contributed by atoms with van der Waals surface area (Å²) in [6.45, 7) is 4.00. The molecule has 2 N–H and O–H groups in total. The average Bonchev–Trinajstić information content (AvgIpc) is 2.77. The highest BCUT2D eigenvalue weighted by Crippen LogP contribution is 2.28.